The summed E-state index contributed by atoms with van der Waals surface area (Å²) in [5.41, 5.74) is 0.687. The molecule has 1 aliphatic rings. The molecule has 0 aliphatic carbocycles. The van der Waals surface area contributed by atoms with Crippen molar-refractivity contribution in [3.05, 3.63) is 40.3 Å². The molecular weight excluding hydrogens is 430 g/mol. The maximum Gasteiger partial charge on any atom is 0.243 e. The molecule has 1 aromatic heterocycles. The lowest BCUT2D eigenvalue weighted by Crippen LogP contribution is -2.41. The Kier molecular flexibility index (Phi) is 7.19. The number of carbonyl (C=O) groups is 2. The normalized spacial score (nSPS) is 15.2. The summed E-state index contributed by atoms with van der Waals surface area (Å²) in [5, 5.41) is 8.48. The van der Waals surface area contributed by atoms with E-state index in [4.69, 9.17) is 0 Å². The van der Waals surface area contributed by atoms with Gasteiger partial charge in [0, 0.05) is 42.2 Å². The van der Waals surface area contributed by atoms with Gasteiger partial charge in [-0.2, -0.15) is 0 Å². The number of thiazole rings is 1. The number of carbonyl (C=O) groups excluding carboxylic acids is 2. The summed E-state index contributed by atoms with van der Waals surface area (Å²) in [5.74, 6) is -0.388. The van der Waals surface area contributed by atoms with Crippen molar-refractivity contribution in [2.75, 3.05) is 49.5 Å². The van der Waals surface area contributed by atoms with Gasteiger partial charge in [-0.05, 0) is 34.5 Å². The second kappa shape index (κ2) is 9.82. The highest BCUT2D eigenvalue weighted by molar-refractivity contribution is 9.10. The van der Waals surface area contributed by atoms with Gasteiger partial charge in [0.05, 0.1) is 18.8 Å². The molecule has 3 rings (SSSR count). The zero-order chi connectivity index (χ0) is 19.1. The lowest BCUT2D eigenvalue weighted by atomic mass is 10.3. The number of aromatic nitrogens is 1. The number of benzene rings is 1. The van der Waals surface area contributed by atoms with Crippen LogP contribution in [0.4, 0.5) is 10.8 Å². The van der Waals surface area contributed by atoms with Crippen molar-refractivity contribution in [1.82, 2.24) is 15.2 Å². The van der Waals surface area contributed by atoms with Crippen LogP contribution in [-0.4, -0.2) is 61.0 Å². The van der Waals surface area contributed by atoms with E-state index < -0.39 is 0 Å². The van der Waals surface area contributed by atoms with Crippen molar-refractivity contribution >= 4 is 49.9 Å². The minimum absolute atomic E-state index is 0.0424. The van der Waals surface area contributed by atoms with Crippen molar-refractivity contribution in [2.24, 2.45) is 0 Å². The summed E-state index contributed by atoms with van der Waals surface area (Å²) in [6, 6.07) is 7.36. The van der Waals surface area contributed by atoms with Crippen molar-refractivity contribution in [2.45, 2.75) is 6.42 Å². The fourth-order valence-electron chi connectivity index (χ4n) is 2.89. The second-order valence-electron chi connectivity index (χ2n) is 6.24. The Labute approximate surface area is 170 Å². The maximum absolute atomic E-state index is 12.2. The summed E-state index contributed by atoms with van der Waals surface area (Å²) < 4.78 is 0.805. The Morgan fingerprint density at radius 2 is 2.00 bits per heavy atom. The van der Waals surface area contributed by atoms with Gasteiger partial charge < -0.3 is 15.5 Å². The van der Waals surface area contributed by atoms with Crippen LogP contribution < -0.4 is 15.5 Å². The number of anilines is 2. The van der Waals surface area contributed by atoms with Crippen LogP contribution in [0.1, 0.15) is 6.42 Å². The number of nitrogens with one attached hydrogen (secondary N) is 2. The van der Waals surface area contributed by atoms with Crippen LogP contribution in [0.25, 0.3) is 0 Å². The largest absolute Gasteiger partial charge is 0.347 e. The molecule has 27 heavy (non-hydrogen) atoms. The Hall–Kier alpha value is -1.97. The van der Waals surface area contributed by atoms with Gasteiger partial charge in [0.25, 0.3) is 0 Å². The molecule has 0 atom stereocenters. The van der Waals surface area contributed by atoms with Crippen LogP contribution >= 0.6 is 27.3 Å². The molecule has 7 nitrogen and oxygen atoms in total. The minimum atomic E-state index is -0.249. The van der Waals surface area contributed by atoms with E-state index in [0.29, 0.717) is 12.2 Å². The average Bonchev–Trinajstić information content (AvgIpc) is 3.09. The molecule has 9 heteroatoms. The summed E-state index contributed by atoms with van der Waals surface area (Å²) in [7, 11) is 0. The Balaban J connectivity index is 1.40. The van der Waals surface area contributed by atoms with Gasteiger partial charge in [-0.25, -0.2) is 4.98 Å². The standard InChI is InChI=1S/C18H22BrN5O2S/c19-14-4-1-2-5-15(14)22-16(25)12-21-17(26)13-23-7-3-8-24(10-9-23)18-20-6-11-27-18/h1-2,4-6,11H,3,7-10,12-13H2,(H,21,26)(H,22,25). The molecule has 0 radical (unpaired) electrons. The fourth-order valence-corrected chi connectivity index (χ4v) is 3.97. The quantitative estimate of drug-likeness (QED) is 0.703. The van der Waals surface area contributed by atoms with E-state index in [1.807, 2.05) is 29.8 Å². The van der Waals surface area contributed by atoms with E-state index in [1.165, 1.54) is 0 Å². The highest BCUT2D eigenvalue weighted by atomic mass is 79.9. The molecule has 1 aliphatic heterocycles. The predicted molar refractivity (Wildman–Crippen MR) is 111 cm³/mol. The van der Waals surface area contributed by atoms with Crippen molar-refractivity contribution in [1.29, 1.82) is 0 Å². The zero-order valence-electron chi connectivity index (χ0n) is 14.9. The van der Waals surface area contributed by atoms with Gasteiger partial charge in [-0.15, -0.1) is 11.3 Å². The maximum atomic E-state index is 12.2. The van der Waals surface area contributed by atoms with Crippen LogP contribution in [0, 0.1) is 0 Å². The fraction of sp³-hybridized carbons (Fsp3) is 0.389. The van der Waals surface area contributed by atoms with Gasteiger partial charge in [0.1, 0.15) is 0 Å². The molecule has 2 N–H and O–H groups in total. The van der Waals surface area contributed by atoms with Crippen molar-refractivity contribution < 1.29 is 9.59 Å². The monoisotopic (exact) mass is 451 g/mol. The smallest absolute Gasteiger partial charge is 0.243 e. The third-order valence-electron chi connectivity index (χ3n) is 4.24. The van der Waals surface area contributed by atoms with Gasteiger partial charge in [-0.1, -0.05) is 12.1 Å². The lowest BCUT2D eigenvalue weighted by Gasteiger charge is -2.21. The molecule has 1 aromatic carbocycles. The van der Waals surface area contributed by atoms with E-state index in [9.17, 15) is 9.59 Å². The van der Waals surface area contributed by atoms with Crippen LogP contribution in [0.2, 0.25) is 0 Å². The Bertz CT molecular complexity index is 771. The summed E-state index contributed by atoms with van der Waals surface area (Å²) in [4.78, 5) is 32.9. The second-order valence-corrected chi connectivity index (χ2v) is 7.96. The molecule has 0 saturated carbocycles. The molecule has 2 aromatic rings. The number of hydrogen-bond acceptors (Lipinski definition) is 6. The molecule has 2 amide bonds. The highest BCUT2D eigenvalue weighted by Crippen LogP contribution is 2.21. The van der Waals surface area contributed by atoms with E-state index in [0.717, 1.165) is 42.2 Å². The zero-order valence-corrected chi connectivity index (χ0v) is 17.3. The number of rotatable bonds is 6. The van der Waals surface area contributed by atoms with E-state index in [1.54, 1.807) is 17.4 Å². The molecule has 2 heterocycles. The van der Waals surface area contributed by atoms with E-state index in [2.05, 4.69) is 41.3 Å². The Morgan fingerprint density at radius 3 is 2.78 bits per heavy atom. The first kappa shape index (κ1) is 19.8. The number of hydrogen-bond donors (Lipinski definition) is 2. The Morgan fingerprint density at radius 1 is 1.15 bits per heavy atom. The topological polar surface area (TPSA) is 77.6 Å². The first-order valence-corrected chi connectivity index (χ1v) is 10.5. The van der Waals surface area contributed by atoms with Crippen molar-refractivity contribution in [3.8, 4) is 0 Å². The number of nitrogens with zero attached hydrogens (tertiary/aromatic N) is 3. The lowest BCUT2D eigenvalue weighted by molar-refractivity contribution is -0.125. The van der Waals surface area contributed by atoms with Crippen LogP contribution in [0.3, 0.4) is 0 Å². The first-order valence-electron chi connectivity index (χ1n) is 8.79. The molecule has 0 bridgehead atoms. The molecule has 0 spiro atoms. The molecule has 1 saturated heterocycles. The molecular formula is C18H22BrN5O2S. The predicted octanol–water partition coefficient (Wildman–Crippen LogP) is 2.17. The van der Waals surface area contributed by atoms with E-state index >= 15 is 0 Å². The molecule has 0 unspecified atom stereocenters. The number of halogens is 1. The van der Waals surface area contributed by atoms with Gasteiger partial charge >= 0.3 is 0 Å². The summed E-state index contributed by atoms with van der Waals surface area (Å²) in [6.45, 7) is 3.71. The van der Waals surface area contributed by atoms with Crippen LogP contribution in [0.5, 0.6) is 0 Å². The average molecular weight is 452 g/mol. The highest BCUT2D eigenvalue weighted by Gasteiger charge is 2.18. The van der Waals surface area contributed by atoms with E-state index in [-0.39, 0.29) is 18.4 Å². The van der Waals surface area contributed by atoms with Crippen LogP contribution in [0.15, 0.2) is 40.3 Å². The first-order chi connectivity index (χ1) is 13.1. The number of para-hydroxylation sites is 1. The van der Waals surface area contributed by atoms with Gasteiger partial charge in [0.2, 0.25) is 11.8 Å². The SMILES string of the molecule is O=C(CN1CCCN(c2nccs2)CC1)NCC(=O)Nc1ccccc1Br. The number of amides is 2. The third-order valence-corrected chi connectivity index (χ3v) is 5.76. The summed E-state index contributed by atoms with van der Waals surface area (Å²) in [6.07, 6.45) is 2.80. The van der Waals surface area contributed by atoms with Crippen molar-refractivity contribution in [3.63, 3.8) is 0 Å². The third kappa shape index (κ3) is 6.02. The summed E-state index contributed by atoms with van der Waals surface area (Å²) >= 11 is 5.02. The molecule has 1 fully saturated rings. The van der Waals surface area contributed by atoms with Gasteiger partial charge in [-0.3, -0.25) is 14.5 Å². The van der Waals surface area contributed by atoms with Crippen LogP contribution in [-0.2, 0) is 9.59 Å². The minimum Gasteiger partial charge on any atom is -0.347 e. The van der Waals surface area contributed by atoms with Gasteiger partial charge in [0.15, 0.2) is 5.13 Å². The molecule has 144 valence electrons.